The number of carboxylic acids is 2. The molecule has 0 bridgehead atoms. The molecule has 0 spiro atoms. The van der Waals surface area contributed by atoms with Crippen LogP contribution in [0.25, 0.3) is 0 Å². The highest BCUT2D eigenvalue weighted by molar-refractivity contribution is 5.69. The summed E-state index contributed by atoms with van der Waals surface area (Å²) in [6.07, 6.45) is 5.69. The highest BCUT2D eigenvalue weighted by Crippen LogP contribution is 2.07. The van der Waals surface area contributed by atoms with Gasteiger partial charge in [0.2, 0.25) is 0 Å². The third kappa shape index (κ3) is 16.9. The Kier molecular flexibility index (Phi) is 17.1. The molecule has 0 aliphatic heterocycles. The van der Waals surface area contributed by atoms with Crippen LogP contribution in [-0.2, 0) is 9.59 Å². The molecule has 0 fully saturated rings. The third-order valence-electron chi connectivity index (χ3n) is 3.47. The van der Waals surface area contributed by atoms with Crippen molar-refractivity contribution in [2.24, 2.45) is 11.8 Å². The Bertz CT molecular complexity index is 257. The number of hydrogen-bond acceptors (Lipinski definition) is 4. The smallest absolute Gasteiger partial charge is 0.306 e. The summed E-state index contributed by atoms with van der Waals surface area (Å²) >= 11 is 0. The van der Waals surface area contributed by atoms with E-state index in [1.54, 1.807) is 13.8 Å². The number of nitrogens with one attached hydrogen (secondary N) is 2. The Morgan fingerprint density at radius 2 is 1.09 bits per heavy atom. The molecule has 0 aliphatic rings. The molecular formula is C16H34N2O4. The van der Waals surface area contributed by atoms with Crippen molar-refractivity contribution in [2.75, 3.05) is 27.2 Å². The second kappa shape index (κ2) is 16.2. The van der Waals surface area contributed by atoms with Gasteiger partial charge in [-0.1, -0.05) is 26.7 Å². The van der Waals surface area contributed by atoms with Gasteiger partial charge in [-0.3, -0.25) is 9.59 Å². The molecular weight excluding hydrogens is 284 g/mol. The fourth-order valence-corrected chi connectivity index (χ4v) is 1.75. The van der Waals surface area contributed by atoms with E-state index in [-0.39, 0.29) is 11.8 Å². The minimum atomic E-state index is -0.686. The van der Waals surface area contributed by atoms with Gasteiger partial charge < -0.3 is 20.8 Å². The predicted octanol–water partition coefficient (Wildman–Crippen LogP) is 2.19. The molecule has 132 valence electrons. The molecule has 0 aliphatic carbocycles. The average Bonchev–Trinajstić information content (AvgIpc) is 2.48. The second-order valence-corrected chi connectivity index (χ2v) is 5.68. The Balaban J connectivity index is 0. The molecule has 4 N–H and O–H groups in total. The van der Waals surface area contributed by atoms with Crippen LogP contribution in [0.4, 0.5) is 0 Å². The van der Waals surface area contributed by atoms with Crippen LogP contribution in [0.15, 0.2) is 0 Å². The molecule has 0 aromatic heterocycles. The van der Waals surface area contributed by atoms with Crippen molar-refractivity contribution in [1.82, 2.24) is 10.6 Å². The van der Waals surface area contributed by atoms with Gasteiger partial charge in [0.05, 0.1) is 11.8 Å². The summed E-state index contributed by atoms with van der Waals surface area (Å²) in [4.78, 5) is 20.7. The van der Waals surface area contributed by atoms with E-state index in [0.29, 0.717) is 0 Å². The minimum Gasteiger partial charge on any atom is -0.481 e. The maximum Gasteiger partial charge on any atom is 0.306 e. The van der Waals surface area contributed by atoms with Gasteiger partial charge in [-0.2, -0.15) is 0 Å². The number of rotatable bonds is 12. The number of carbonyl (C=O) groups is 2. The van der Waals surface area contributed by atoms with Gasteiger partial charge in [0.1, 0.15) is 0 Å². The molecule has 0 aromatic rings. The monoisotopic (exact) mass is 318 g/mol. The standard InChI is InChI=1S/2C8H17NO2/c2*1-7(8(10)11)5-3-4-6-9-2/h2*7,9H,3-6H2,1-2H3,(H,10,11). The first-order chi connectivity index (χ1) is 10.4. The summed E-state index contributed by atoms with van der Waals surface area (Å²) in [5, 5.41) is 23.1. The van der Waals surface area contributed by atoms with Crippen LogP contribution in [0.1, 0.15) is 52.4 Å². The van der Waals surface area contributed by atoms with Crippen molar-refractivity contribution in [3.8, 4) is 0 Å². The van der Waals surface area contributed by atoms with E-state index in [1.165, 1.54) is 0 Å². The lowest BCUT2D eigenvalue weighted by Gasteiger charge is -2.04. The van der Waals surface area contributed by atoms with Crippen LogP contribution >= 0.6 is 0 Å². The van der Waals surface area contributed by atoms with Gasteiger partial charge in [0.15, 0.2) is 0 Å². The van der Waals surface area contributed by atoms with E-state index >= 15 is 0 Å². The molecule has 0 saturated heterocycles. The summed E-state index contributed by atoms with van der Waals surface area (Å²) in [5.74, 6) is -1.75. The van der Waals surface area contributed by atoms with E-state index in [1.807, 2.05) is 14.1 Å². The van der Waals surface area contributed by atoms with E-state index in [0.717, 1.165) is 51.6 Å². The van der Waals surface area contributed by atoms with Gasteiger partial charge in [-0.25, -0.2) is 0 Å². The number of aliphatic carboxylic acids is 2. The molecule has 0 rings (SSSR count). The topological polar surface area (TPSA) is 98.7 Å². The lowest BCUT2D eigenvalue weighted by Crippen LogP contribution is -2.11. The first-order valence-corrected chi connectivity index (χ1v) is 8.11. The lowest BCUT2D eigenvalue weighted by atomic mass is 10.0. The van der Waals surface area contributed by atoms with Gasteiger partial charge in [-0.15, -0.1) is 0 Å². The van der Waals surface area contributed by atoms with Crippen molar-refractivity contribution < 1.29 is 19.8 Å². The van der Waals surface area contributed by atoms with Gasteiger partial charge in [-0.05, 0) is 52.9 Å². The van der Waals surface area contributed by atoms with Crippen LogP contribution < -0.4 is 10.6 Å². The number of carboxylic acid groups (broad SMARTS) is 2. The SMILES string of the molecule is CNCCCCC(C)C(=O)O.CNCCCCC(C)C(=O)O. The number of hydrogen-bond donors (Lipinski definition) is 4. The van der Waals surface area contributed by atoms with Gasteiger partial charge >= 0.3 is 11.9 Å². The molecule has 0 aromatic carbocycles. The minimum absolute atomic E-state index is 0.188. The summed E-state index contributed by atoms with van der Waals surface area (Å²) in [6, 6.07) is 0. The molecule has 0 saturated carbocycles. The van der Waals surface area contributed by atoms with Crippen molar-refractivity contribution in [3.63, 3.8) is 0 Å². The van der Waals surface area contributed by atoms with Crippen LogP contribution in [0.5, 0.6) is 0 Å². The Morgan fingerprint density at radius 1 is 0.773 bits per heavy atom. The summed E-state index contributed by atoms with van der Waals surface area (Å²) in [7, 11) is 3.81. The Labute approximate surface area is 134 Å². The summed E-state index contributed by atoms with van der Waals surface area (Å²) in [6.45, 7) is 5.46. The molecule has 0 amide bonds. The van der Waals surface area contributed by atoms with Crippen molar-refractivity contribution >= 4 is 11.9 Å². The maximum absolute atomic E-state index is 10.3. The van der Waals surface area contributed by atoms with E-state index in [2.05, 4.69) is 10.6 Å². The van der Waals surface area contributed by atoms with E-state index < -0.39 is 11.9 Å². The largest absolute Gasteiger partial charge is 0.481 e. The zero-order valence-electron chi connectivity index (χ0n) is 14.5. The van der Waals surface area contributed by atoms with Crippen molar-refractivity contribution in [1.29, 1.82) is 0 Å². The lowest BCUT2D eigenvalue weighted by molar-refractivity contribution is -0.142. The first-order valence-electron chi connectivity index (χ1n) is 8.11. The van der Waals surface area contributed by atoms with E-state index in [4.69, 9.17) is 10.2 Å². The molecule has 6 nitrogen and oxygen atoms in total. The zero-order valence-corrected chi connectivity index (χ0v) is 14.5. The molecule has 2 atom stereocenters. The molecule has 2 unspecified atom stereocenters. The fourth-order valence-electron chi connectivity index (χ4n) is 1.75. The second-order valence-electron chi connectivity index (χ2n) is 5.68. The summed E-state index contributed by atoms with van der Waals surface area (Å²) in [5.41, 5.74) is 0. The third-order valence-corrected chi connectivity index (χ3v) is 3.47. The predicted molar refractivity (Wildman–Crippen MR) is 89.2 cm³/mol. The Hall–Kier alpha value is -1.14. The van der Waals surface area contributed by atoms with Crippen molar-refractivity contribution in [3.05, 3.63) is 0 Å². The van der Waals surface area contributed by atoms with Crippen molar-refractivity contribution in [2.45, 2.75) is 52.4 Å². The molecule has 0 radical (unpaired) electrons. The average molecular weight is 318 g/mol. The van der Waals surface area contributed by atoms with E-state index in [9.17, 15) is 9.59 Å². The quantitative estimate of drug-likeness (QED) is 0.412. The van der Waals surface area contributed by atoms with Gasteiger partial charge in [0, 0.05) is 0 Å². The normalized spacial score (nSPS) is 12.9. The van der Waals surface area contributed by atoms with Crippen LogP contribution in [-0.4, -0.2) is 49.3 Å². The zero-order chi connectivity index (χ0) is 17.4. The number of unbranched alkanes of at least 4 members (excludes halogenated alkanes) is 2. The summed E-state index contributed by atoms with van der Waals surface area (Å²) < 4.78 is 0. The maximum atomic E-state index is 10.3. The molecule has 22 heavy (non-hydrogen) atoms. The van der Waals surface area contributed by atoms with Crippen LogP contribution in [0.2, 0.25) is 0 Å². The van der Waals surface area contributed by atoms with Gasteiger partial charge in [0.25, 0.3) is 0 Å². The molecule has 0 heterocycles. The van der Waals surface area contributed by atoms with Crippen LogP contribution in [0, 0.1) is 11.8 Å². The fraction of sp³-hybridized carbons (Fsp3) is 0.875. The Morgan fingerprint density at radius 3 is 1.32 bits per heavy atom. The molecule has 6 heteroatoms. The van der Waals surface area contributed by atoms with Crippen LogP contribution in [0.3, 0.4) is 0 Å². The highest BCUT2D eigenvalue weighted by atomic mass is 16.4. The highest BCUT2D eigenvalue weighted by Gasteiger charge is 2.09. The first kappa shape index (κ1) is 23.1.